The molecule has 0 saturated carbocycles. The Hall–Kier alpha value is -0.870. The summed E-state index contributed by atoms with van der Waals surface area (Å²) in [4.78, 5) is 12.4. The van der Waals surface area contributed by atoms with Crippen LogP contribution in [-0.4, -0.2) is 34.9 Å². The van der Waals surface area contributed by atoms with Gasteiger partial charge in [0.25, 0.3) is 0 Å². The lowest BCUT2D eigenvalue weighted by Gasteiger charge is -2.22. The van der Waals surface area contributed by atoms with Crippen molar-refractivity contribution in [2.45, 2.75) is 270 Å². The van der Waals surface area contributed by atoms with Gasteiger partial charge in [-0.15, -0.1) is 0 Å². The second-order valence-electron chi connectivity index (χ2n) is 15.8. The molecule has 0 saturated heterocycles. The fourth-order valence-electron chi connectivity index (χ4n) is 7.24. The average molecular weight is 706 g/mol. The molecule has 4 nitrogen and oxygen atoms in total. The molecule has 4 heteroatoms. The predicted molar refractivity (Wildman–Crippen MR) is 221 cm³/mol. The van der Waals surface area contributed by atoms with E-state index in [9.17, 15) is 15.0 Å². The van der Waals surface area contributed by atoms with Crippen LogP contribution in [0.5, 0.6) is 0 Å². The second kappa shape index (κ2) is 42.5. The standard InChI is InChI=1S/C46H91NO3/c1-3-5-7-9-11-13-15-17-19-20-21-22-23-24-25-26-27-28-30-32-34-36-38-40-42-46(50)47-44(43-48)45(49)41-39-37-35-33-31-29-18-16-14-12-10-8-6-4-2/h24-25,44-45,48-49H,3-23,26-43H2,1-2H3,(H,47,50)/b25-24-. The number of hydrogen-bond acceptors (Lipinski definition) is 3. The van der Waals surface area contributed by atoms with E-state index in [2.05, 4.69) is 31.3 Å². The summed E-state index contributed by atoms with van der Waals surface area (Å²) < 4.78 is 0. The molecule has 2 atom stereocenters. The van der Waals surface area contributed by atoms with Crippen molar-refractivity contribution >= 4 is 5.91 Å². The van der Waals surface area contributed by atoms with Gasteiger partial charge in [0, 0.05) is 6.42 Å². The lowest BCUT2D eigenvalue weighted by molar-refractivity contribution is -0.123. The fraction of sp³-hybridized carbons (Fsp3) is 0.935. The Morgan fingerprint density at radius 3 is 1.10 bits per heavy atom. The number of hydrogen-bond donors (Lipinski definition) is 3. The van der Waals surface area contributed by atoms with Crippen molar-refractivity contribution in [2.75, 3.05) is 6.61 Å². The molecule has 0 aromatic heterocycles. The number of amides is 1. The molecule has 0 spiro atoms. The zero-order valence-electron chi connectivity index (χ0n) is 34.2. The summed E-state index contributed by atoms with van der Waals surface area (Å²) >= 11 is 0. The van der Waals surface area contributed by atoms with Crippen molar-refractivity contribution in [3.05, 3.63) is 12.2 Å². The zero-order chi connectivity index (χ0) is 36.4. The van der Waals surface area contributed by atoms with Gasteiger partial charge in [0.1, 0.15) is 0 Å². The first-order chi connectivity index (χ1) is 24.7. The van der Waals surface area contributed by atoms with Crippen LogP contribution in [0.4, 0.5) is 0 Å². The molecule has 1 amide bonds. The van der Waals surface area contributed by atoms with Crippen LogP contribution in [0, 0.1) is 0 Å². The Balaban J connectivity index is 3.47. The van der Waals surface area contributed by atoms with E-state index in [4.69, 9.17) is 0 Å². The van der Waals surface area contributed by atoms with Crippen molar-refractivity contribution in [1.29, 1.82) is 0 Å². The highest BCUT2D eigenvalue weighted by molar-refractivity contribution is 5.76. The van der Waals surface area contributed by atoms with E-state index in [1.165, 1.54) is 205 Å². The SMILES string of the molecule is CCCCCCCCCCCCCC/C=C\CCCCCCCCCCC(=O)NC(CO)C(O)CCCCCCCCCCCCCCCC. The van der Waals surface area contributed by atoms with Gasteiger partial charge in [0.2, 0.25) is 5.91 Å². The first-order valence-electron chi connectivity index (χ1n) is 22.9. The van der Waals surface area contributed by atoms with Gasteiger partial charge in [-0.25, -0.2) is 0 Å². The van der Waals surface area contributed by atoms with Crippen molar-refractivity contribution in [1.82, 2.24) is 5.32 Å². The predicted octanol–water partition coefficient (Wildman–Crippen LogP) is 14.2. The van der Waals surface area contributed by atoms with Gasteiger partial charge in [-0.1, -0.05) is 225 Å². The number of aliphatic hydroxyl groups is 2. The van der Waals surface area contributed by atoms with Crippen LogP contribution >= 0.6 is 0 Å². The molecule has 3 N–H and O–H groups in total. The fourth-order valence-corrected chi connectivity index (χ4v) is 7.24. The van der Waals surface area contributed by atoms with Crippen LogP contribution in [0.3, 0.4) is 0 Å². The first-order valence-corrected chi connectivity index (χ1v) is 22.9. The molecule has 0 aliphatic carbocycles. The Morgan fingerprint density at radius 2 is 0.760 bits per heavy atom. The quantitative estimate of drug-likeness (QED) is 0.0437. The monoisotopic (exact) mass is 706 g/mol. The molecule has 0 aliphatic rings. The van der Waals surface area contributed by atoms with E-state index in [0.29, 0.717) is 12.8 Å². The molecule has 0 fully saturated rings. The minimum atomic E-state index is -0.657. The maximum Gasteiger partial charge on any atom is 0.220 e. The Labute approximate surface area is 314 Å². The lowest BCUT2D eigenvalue weighted by Crippen LogP contribution is -2.45. The maximum atomic E-state index is 12.4. The number of unbranched alkanes of at least 4 members (excludes halogenated alkanes) is 33. The van der Waals surface area contributed by atoms with Crippen LogP contribution in [-0.2, 0) is 4.79 Å². The molecule has 0 aromatic carbocycles. The normalized spacial score (nSPS) is 13.0. The molecule has 2 unspecified atom stereocenters. The number of carbonyl (C=O) groups excluding carboxylic acids is 1. The summed E-state index contributed by atoms with van der Waals surface area (Å²) in [6.07, 6.45) is 53.0. The van der Waals surface area contributed by atoms with Gasteiger partial charge >= 0.3 is 0 Å². The minimum Gasteiger partial charge on any atom is -0.394 e. The number of nitrogens with one attached hydrogen (secondary N) is 1. The first kappa shape index (κ1) is 49.1. The average Bonchev–Trinajstić information content (AvgIpc) is 3.12. The summed E-state index contributed by atoms with van der Waals surface area (Å²) in [6, 6.07) is -0.534. The van der Waals surface area contributed by atoms with E-state index >= 15 is 0 Å². The van der Waals surface area contributed by atoms with Gasteiger partial charge in [-0.05, 0) is 38.5 Å². The van der Waals surface area contributed by atoms with Crippen LogP contribution < -0.4 is 5.32 Å². The molecule has 0 heterocycles. The Kier molecular flexibility index (Phi) is 41.8. The van der Waals surface area contributed by atoms with E-state index in [1.807, 2.05) is 0 Å². The molecule has 0 bridgehead atoms. The topological polar surface area (TPSA) is 69.6 Å². The van der Waals surface area contributed by atoms with E-state index in [1.54, 1.807) is 0 Å². The number of rotatable bonds is 42. The third kappa shape index (κ3) is 38.4. The summed E-state index contributed by atoms with van der Waals surface area (Å²) in [5.74, 6) is -0.0316. The Morgan fingerprint density at radius 1 is 0.460 bits per heavy atom. The smallest absolute Gasteiger partial charge is 0.220 e. The lowest BCUT2D eigenvalue weighted by atomic mass is 10.0. The second-order valence-corrected chi connectivity index (χ2v) is 15.8. The van der Waals surface area contributed by atoms with Gasteiger partial charge in [-0.2, -0.15) is 0 Å². The van der Waals surface area contributed by atoms with Crippen LogP contribution in [0.1, 0.15) is 258 Å². The molecule has 298 valence electrons. The summed E-state index contributed by atoms with van der Waals surface area (Å²) in [5, 5.41) is 23.2. The number of aliphatic hydroxyl groups excluding tert-OH is 2. The summed E-state index contributed by atoms with van der Waals surface area (Å²) in [5.41, 5.74) is 0. The van der Waals surface area contributed by atoms with Crippen LogP contribution in [0.25, 0.3) is 0 Å². The van der Waals surface area contributed by atoms with Gasteiger partial charge in [0.05, 0.1) is 18.8 Å². The Bertz CT molecular complexity index is 680. The molecule has 0 aromatic rings. The van der Waals surface area contributed by atoms with Crippen LogP contribution in [0.15, 0.2) is 12.2 Å². The van der Waals surface area contributed by atoms with Crippen molar-refractivity contribution in [2.24, 2.45) is 0 Å². The molecular weight excluding hydrogens is 615 g/mol. The summed E-state index contributed by atoms with van der Waals surface area (Å²) in [6.45, 7) is 4.37. The van der Waals surface area contributed by atoms with Gasteiger partial charge in [-0.3, -0.25) is 4.79 Å². The van der Waals surface area contributed by atoms with Crippen molar-refractivity contribution in [3.8, 4) is 0 Å². The number of allylic oxidation sites excluding steroid dienone is 2. The van der Waals surface area contributed by atoms with Crippen LogP contribution in [0.2, 0.25) is 0 Å². The molecular formula is C46H91NO3. The zero-order valence-corrected chi connectivity index (χ0v) is 34.2. The molecule has 0 aliphatic heterocycles. The highest BCUT2D eigenvalue weighted by atomic mass is 16.3. The molecule has 50 heavy (non-hydrogen) atoms. The summed E-state index contributed by atoms with van der Waals surface area (Å²) in [7, 11) is 0. The van der Waals surface area contributed by atoms with Crippen molar-refractivity contribution < 1.29 is 15.0 Å². The third-order valence-corrected chi connectivity index (χ3v) is 10.8. The molecule has 0 radical (unpaired) electrons. The largest absolute Gasteiger partial charge is 0.394 e. The molecule has 0 rings (SSSR count). The highest BCUT2D eigenvalue weighted by Gasteiger charge is 2.20. The van der Waals surface area contributed by atoms with E-state index in [-0.39, 0.29) is 12.5 Å². The minimum absolute atomic E-state index is 0.0316. The van der Waals surface area contributed by atoms with E-state index in [0.717, 1.165) is 25.7 Å². The highest BCUT2D eigenvalue weighted by Crippen LogP contribution is 2.16. The van der Waals surface area contributed by atoms with Gasteiger partial charge < -0.3 is 15.5 Å². The number of carbonyl (C=O) groups is 1. The van der Waals surface area contributed by atoms with E-state index < -0.39 is 12.1 Å². The van der Waals surface area contributed by atoms with Crippen molar-refractivity contribution in [3.63, 3.8) is 0 Å². The third-order valence-electron chi connectivity index (χ3n) is 10.8. The van der Waals surface area contributed by atoms with Gasteiger partial charge in [0.15, 0.2) is 0 Å². The maximum absolute atomic E-state index is 12.4.